The van der Waals surface area contributed by atoms with Gasteiger partial charge >= 0.3 is 0 Å². The maximum absolute atomic E-state index is 13.5. The van der Waals surface area contributed by atoms with Crippen molar-refractivity contribution in [3.63, 3.8) is 0 Å². The van der Waals surface area contributed by atoms with Crippen LogP contribution >= 0.6 is 0 Å². The van der Waals surface area contributed by atoms with E-state index in [1.165, 1.54) is 26.4 Å². The monoisotopic (exact) mass is 484 g/mol. The van der Waals surface area contributed by atoms with Crippen LogP contribution in [0.1, 0.15) is 12.5 Å². The zero-order valence-electron chi connectivity index (χ0n) is 19.6. The van der Waals surface area contributed by atoms with Crippen molar-refractivity contribution in [2.45, 2.75) is 18.7 Å². The van der Waals surface area contributed by atoms with Crippen LogP contribution in [0.2, 0.25) is 0 Å². The van der Waals surface area contributed by atoms with Gasteiger partial charge < -0.3 is 19.5 Å². The Morgan fingerprint density at radius 2 is 1.56 bits per heavy atom. The molecule has 0 aliphatic carbocycles. The Kier molecular flexibility index (Phi) is 8.01. The quantitative estimate of drug-likeness (QED) is 0.463. The summed E-state index contributed by atoms with van der Waals surface area (Å²) >= 11 is 0. The van der Waals surface area contributed by atoms with Crippen LogP contribution < -0.4 is 23.8 Å². The Bertz CT molecular complexity index is 1230. The molecule has 0 bridgehead atoms. The van der Waals surface area contributed by atoms with Gasteiger partial charge in [0.2, 0.25) is 5.91 Å². The van der Waals surface area contributed by atoms with Gasteiger partial charge in [0.1, 0.15) is 23.8 Å². The third-order valence-electron chi connectivity index (χ3n) is 5.01. The highest BCUT2D eigenvalue weighted by atomic mass is 32.2. The summed E-state index contributed by atoms with van der Waals surface area (Å²) in [7, 11) is -1.05. The van der Waals surface area contributed by atoms with E-state index in [1.54, 1.807) is 54.6 Å². The van der Waals surface area contributed by atoms with Crippen LogP contribution in [0.15, 0.2) is 71.6 Å². The van der Waals surface area contributed by atoms with Crippen molar-refractivity contribution in [2.75, 3.05) is 37.0 Å². The number of anilines is 2. The third kappa shape index (κ3) is 5.79. The highest BCUT2D eigenvalue weighted by Gasteiger charge is 2.27. The number of nitrogens with zero attached hydrogens (tertiary/aromatic N) is 1. The summed E-state index contributed by atoms with van der Waals surface area (Å²) in [6, 6.07) is 18.0. The Hall–Kier alpha value is -3.72. The van der Waals surface area contributed by atoms with Crippen LogP contribution in [-0.2, 0) is 14.8 Å². The van der Waals surface area contributed by atoms with Crippen molar-refractivity contribution >= 4 is 27.3 Å². The zero-order valence-corrected chi connectivity index (χ0v) is 20.4. The first-order valence-corrected chi connectivity index (χ1v) is 12.1. The number of aryl methyl sites for hydroxylation is 1. The number of nitrogens with one attached hydrogen (secondary N) is 1. The average Bonchev–Trinajstić information content (AvgIpc) is 2.84. The van der Waals surface area contributed by atoms with E-state index >= 15 is 0 Å². The summed E-state index contributed by atoms with van der Waals surface area (Å²) < 4.78 is 44.1. The first kappa shape index (κ1) is 24.9. The molecule has 0 fully saturated rings. The number of carbonyl (C=O) groups is 1. The molecule has 0 aliphatic rings. The van der Waals surface area contributed by atoms with Gasteiger partial charge in [-0.1, -0.05) is 17.7 Å². The molecule has 0 aromatic heterocycles. The molecule has 34 heavy (non-hydrogen) atoms. The van der Waals surface area contributed by atoms with E-state index in [-0.39, 0.29) is 4.90 Å². The first-order chi connectivity index (χ1) is 16.3. The van der Waals surface area contributed by atoms with Crippen LogP contribution in [0.4, 0.5) is 11.4 Å². The molecule has 3 aromatic rings. The number of rotatable bonds is 10. The Labute approximate surface area is 200 Å². The predicted molar refractivity (Wildman–Crippen MR) is 131 cm³/mol. The van der Waals surface area contributed by atoms with Crippen molar-refractivity contribution in [1.29, 1.82) is 0 Å². The molecule has 0 saturated heterocycles. The van der Waals surface area contributed by atoms with Gasteiger partial charge in [0.05, 0.1) is 37.1 Å². The molecule has 0 aliphatic heterocycles. The first-order valence-electron chi connectivity index (χ1n) is 10.6. The summed E-state index contributed by atoms with van der Waals surface area (Å²) in [6.45, 7) is 3.78. The number of sulfonamides is 1. The lowest BCUT2D eigenvalue weighted by Crippen LogP contribution is -2.38. The van der Waals surface area contributed by atoms with Gasteiger partial charge in [-0.3, -0.25) is 9.10 Å². The SMILES string of the molecule is CCOc1ccc(S(=O)(=O)N(CC(=O)Nc2ccc(OC)cc2OC)c2ccc(C)cc2)cc1. The maximum Gasteiger partial charge on any atom is 0.264 e. The van der Waals surface area contributed by atoms with E-state index in [4.69, 9.17) is 14.2 Å². The molecule has 0 atom stereocenters. The molecule has 0 radical (unpaired) electrons. The molecule has 3 rings (SSSR count). The minimum Gasteiger partial charge on any atom is -0.497 e. The van der Waals surface area contributed by atoms with Crippen LogP contribution in [-0.4, -0.2) is 41.7 Å². The number of ether oxygens (including phenoxy) is 3. The van der Waals surface area contributed by atoms with E-state index in [9.17, 15) is 13.2 Å². The lowest BCUT2D eigenvalue weighted by molar-refractivity contribution is -0.114. The summed E-state index contributed by atoms with van der Waals surface area (Å²) in [5.41, 5.74) is 1.74. The molecule has 180 valence electrons. The van der Waals surface area contributed by atoms with Gasteiger partial charge in [-0.15, -0.1) is 0 Å². The van der Waals surface area contributed by atoms with Crippen LogP contribution in [0.25, 0.3) is 0 Å². The van der Waals surface area contributed by atoms with E-state index in [0.717, 1.165) is 9.87 Å². The van der Waals surface area contributed by atoms with Crippen molar-refractivity contribution in [2.24, 2.45) is 0 Å². The predicted octanol–water partition coefficient (Wildman–Crippen LogP) is 4.24. The Morgan fingerprint density at radius 3 is 2.15 bits per heavy atom. The molecule has 1 N–H and O–H groups in total. The second-order valence-electron chi connectivity index (χ2n) is 7.37. The molecule has 3 aromatic carbocycles. The van der Waals surface area contributed by atoms with Gasteiger partial charge in [0.25, 0.3) is 10.0 Å². The second-order valence-corrected chi connectivity index (χ2v) is 9.23. The van der Waals surface area contributed by atoms with Crippen molar-refractivity contribution in [3.8, 4) is 17.2 Å². The molecule has 9 heteroatoms. The fourth-order valence-electron chi connectivity index (χ4n) is 3.25. The van der Waals surface area contributed by atoms with Crippen molar-refractivity contribution < 1.29 is 27.4 Å². The fourth-order valence-corrected chi connectivity index (χ4v) is 4.67. The van der Waals surface area contributed by atoms with Crippen LogP contribution in [0.3, 0.4) is 0 Å². The number of carbonyl (C=O) groups excluding carboxylic acids is 1. The van der Waals surface area contributed by atoms with Gasteiger partial charge in [0.15, 0.2) is 0 Å². The lowest BCUT2D eigenvalue weighted by Gasteiger charge is -2.24. The highest BCUT2D eigenvalue weighted by molar-refractivity contribution is 7.92. The topological polar surface area (TPSA) is 94.2 Å². The van der Waals surface area contributed by atoms with E-state index in [1.807, 2.05) is 13.8 Å². The van der Waals surface area contributed by atoms with Gasteiger partial charge in [-0.05, 0) is 62.4 Å². The normalized spacial score (nSPS) is 10.9. The molecular formula is C25H28N2O6S. The summed E-state index contributed by atoms with van der Waals surface area (Å²) in [6.07, 6.45) is 0. The second kappa shape index (κ2) is 10.9. The molecule has 1 amide bonds. The van der Waals surface area contributed by atoms with Crippen LogP contribution in [0, 0.1) is 6.92 Å². The van der Waals surface area contributed by atoms with E-state index < -0.39 is 22.5 Å². The van der Waals surface area contributed by atoms with Gasteiger partial charge in [-0.25, -0.2) is 8.42 Å². The van der Waals surface area contributed by atoms with Gasteiger partial charge in [0, 0.05) is 6.07 Å². The largest absolute Gasteiger partial charge is 0.497 e. The Balaban J connectivity index is 1.92. The minimum absolute atomic E-state index is 0.0476. The standard InChI is InChI=1S/C25H28N2O6S/c1-5-33-20-10-13-22(14-11-20)34(29,30)27(19-8-6-18(2)7-9-19)17-25(28)26-23-15-12-21(31-3)16-24(23)32-4/h6-16H,5,17H2,1-4H3,(H,26,28). The molecule has 0 heterocycles. The summed E-state index contributed by atoms with van der Waals surface area (Å²) in [4.78, 5) is 13.0. The fraction of sp³-hybridized carbons (Fsp3) is 0.240. The van der Waals surface area contributed by atoms with Gasteiger partial charge in [-0.2, -0.15) is 0 Å². The number of benzene rings is 3. The average molecular weight is 485 g/mol. The van der Waals surface area contributed by atoms with E-state index in [2.05, 4.69) is 5.32 Å². The number of hydrogen-bond acceptors (Lipinski definition) is 6. The number of methoxy groups -OCH3 is 2. The van der Waals surface area contributed by atoms with Crippen molar-refractivity contribution in [3.05, 3.63) is 72.3 Å². The third-order valence-corrected chi connectivity index (χ3v) is 6.80. The zero-order chi connectivity index (χ0) is 24.7. The summed E-state index contributed by atoms with van der Waals surface area (Å²) in [5.74, 6) is 0.990. The molecule has 0 saturated carbocycles. The van der Waals surface area contributed by atoms with Crippen molar-refractivity contribution in [1.82, 2.24) is 0 Å². The number of amides is 1. The maximum atomic E-state index is 13.5. The lowest BCUT2D eigenvalue weighted by atomic mass is 10.2. The van der Waals surface area contributed by atoms with E-state index in [0.29, 0.717) is 35.2 Å². The molecular weight excluding hydrogens is 456 g/mol. The smallest absolute Gasteiger partial charge is 0.264 e. The Morgan fingerprint density at radius 1 is 0.912 bits per heavy atom. The molecule has 0 unspecified atom stereocenters. The summed E-state index contributed by atoms with van der Waals surface area (Å²) in [5, 5.41) is 2.73. The number of hydrogen-bond donors (Lipinski definition) is 1. The molecule has 0 spiro atoms. The minimum atomic E-state index is -4.05. The van der Waals surface area contributed by atoms with Crippen LogP contribution in [0.5, 0.6) is 17.2 Å². The molecule has 8 nitrogen and oxygen atoms in total. The highest BCUT2D eigenvalue weighted by Crippen LogP contribution is 2.30.